The quantitative estimate of drug-likeness (QED) is 0.503. The van der Waals surface area contributed by atoms with Crippen molar-refractivity contribution in [1.29, 1.82) is 0 Å². The minimum absolute atomic E-state index is 0.127. The lowest BCUT2D eigenvalue weighted by Gasteiger charge is -2.13. The molecule has 1 aromatic heterocycles. The van der Waals surface area contributed by atoms with Gasteiger partial charge in [0, 0.05) is 31.5 Å². The van der Waals surface area contributed by atoms with E-state index in [1.54, 1.807) is 29.9 Å². The number of rotatable bonds is 10. The Bertz CT molecular complexity index is 1100. The van der Waals surface area contributed by atoms with Crippen molar-refractivity contribution < 1.29 is 17.9 Å². The van der Waals surface area contributed by atoms with Crippen LogP contribution in [0.5, 0.6) is 0 Å². The molecule has 31 heavy (non-hydrogen) atoms. The van der Waals surface area contributed by atoms with E-state index in [1.807, 2.05) is 36.5 Å². The van der Waals surface area contributed by atoms with Gasteiger partial charge in [-0.05, 0) is 55.3 Å². The average molecular weight is 443 g/mol. The van der Waals surface area contributed by atoms with Gasteiger partial charge in [-0.2, -0.15) is 5.10 Å². The molecule has 164 valence electrons. The van der Waals surface area contributed by atoms with E-state index in [4.69, 9.17) is 4.74 Å². The fourth-order valence-electron chi connectivity index (χ4n) is 3.03. The summed E-state index contributed by atoms with van der Waals surface area (Å²) in [5, 5.41) is 7.12. The summed E-state index contributed by atoms with van der Waals surface area (Å²) >= 11 is 0. The van der Waals surface area contributed by atoms with Crippen molar-refractivity contribution in [3.63, 3.8) is 0 Å². The number of amides is 1. The Morgan fingerprint density at radius 2 is 1.84 bits per heavy atom. The number of benzene rings is 2. The third-order valence-corrected chi connectivity index (χ3v) is 6.12. The van der Waals surface area contributed by atoms with Crippen LogP contribution in [0.2, 0.25) is 0 Å². The zero-order valence-corrected chi connectivity index (χ0v) is 18.3. The number of hydrogen-bond acceptors (Lipinski definition) is 5. The van der Waals surface area contributed by atoms with E-state index >= 15 is 0 Å². The van der Waals surface area contributed by atoms with Crippen LogP contribution in [0, 0.1) is 0 Å². The number of nitrogens with zero attached hydrogens (tertiary/aromatic N) is 2. The smallest absolute Gasteiger partial charge is 0.240 e. The van der Waals surface area contributed by atoms with Gasteiger partial charge in [-0.1, -0.05) is 18.2 Å². The summed E-state index contributed by atoms with van der Waals surface area (Å²) in [7, 11) is -2.13. The van der Waals surface area contributed by atoms with Crippen molar-refractivity contribution in [2.45, 2.75) is 30.7 Å². The summed E-state index contributed by atoms with van der Waals surface area (Å²) in [6.45, 7) is 2.00. The number of hydrogen-bond donors (Lipinski definition) is 2. The fourth-order valence-corrected chi connectivity index (χ4v) is 4.26. The molecule has 0 aliphatic carbocycles. The molecule has 0 saturated heterocycles. The van der Waals surface area contributed by atoms with E-state index in [-0.39, 0.29) is 29.9 Å². The van der Waals surface area contributed by atoms with Crippen LogP contribution in [0.25, 0.3) is 5.69 Å². The van der Waals surface area contributed by atoms with Gasteiger partial charge in [-0.15, -0.1) is 0 Å². The van der Waals surface area contributed by atoms with Gasteiger partial charge in [0.15, 0.2) is 0 Å². The summed E-state index contributed by atoms with van der Waals surface area (Å²) in [5.74, 6) is -0.157. The molecule has 2 N–H and O–H groups in total. The maximum absolute atomic E-state index is 12.4. The van der Waals surface area contributed by atoms with Gasteiger partial charge in [-0.3, -0.25) is 4.79 Å². The second-order valence-corrected chi connectivity index (χ2v) is 8.89. The first kappa shape index (κ1) is 22.7. The second kappa shape index (κ2) is 10.3. The lowest BCUT2D eigenvalue weighted by Crippen LogP contribution is -2.35. The number of carbonyl (C=O) groups is 1. The second-order valence-electron chi connectivity index (χ2n) is 7.18. The topological polar surface area (TPSA) is 102 Å². The van der Waals surface area contributed by atoms with Crippen LogP contribution in [0.15, 0.2) is 71.9 Å². The monoisotopic (exact) mass is 442 g/mol. The van der Waals surface area contributed by atoms with Crippen molar-refractivity contribution in [2.75, 3.05) is 19.0 Å². The highest BCUT2D eigenvalue weighted by Crippen LogP contribution is 2.15. The predicted octanol–water partition coefficient (Wildman–Crippen LogP) is 2.76. The molecule has 9 heteroatoms. The molecule has 0 aliphatic heterocycles. The van der Waals surface area contributed by atoms with Gasteiger partial charge < -0.3 is 10.1 Å². The van der Waals surface area contributed by atoms with Crippen LogP contribution < -0.4 is 10.0 Å². The summed E-state index contributed by atoms with van der Waals surface area (Å²) in [4.78, 5) is 12.4. The standard InChI is InChI=1S/C22H26N4O4S/c1-17(16-30-2)25-31(28,29)21-11-9-19(10-12-21)24-22(27)13-8-18-14-23-26(15-18)20-6-4-3-5-7-20/h3-7,9-12,14-15,17,25H,8,13,16H2,1-2H3,(H,24,27). The number of para-hydroxylation sites is 1. The van der Waals surface area contributed by atoms with Crippen molar-refractivity contribution in [2.24, 2.45) is 0 Å². The van der Waals surface area contributed by atoms with Crippen molar-refractivity contribution >= 4 is 21.6 Å². The summed E-state index contributed by atoms with van der Waals surface area (Å²) in [6.07, 6.45) is 4.49. The van der Waals surface area contributed by atoms with Crippen molar-refractivity contribution in [3.8, 4) is 5.69 Å². The molecule has 3 aromatic rings. The number of nitrogens with one attached hydrogen (secondary N) is 2. The van der Waals surface area contributed by atoms with Crippen molar-refractivity contribution in [1.82, 2.24) is 14.5 Å². The molecule has 3 rings (SSSR count). The largest absolute Gasteiger partial charge is 0.383 e. The van der Waals surface area contributed by atoms with E-state index in [0.717, 1.165) is 11.3 Å². The Labute approximate surface area is 182 Å². The number of sulfonamides is 1. The molecule has 0 aliphatic rings. The highest BCUT2D eigenvalue weighted by Gasteiger charge is 2.17. The van der Waals surface area contributed by atoms with Crippen molar-refractivity contribution in [3.05, 3.63) is 72.6 Å². The SMILES string of the molecule is COCC(C)NS(=O)(=O)c1ccc(NC(=O)CCc2cnn(-c3ccccc3)c2)cc1. The van der Waals surface area contributed by atoms with Crippen LogP contribution in [0.4, 0.5) is 5.69 Å². The van der Waals surface area contributed by atoms with Gasteiger partial charge in [0.25, 0.3) is 0 Å². The van der Waals surface area contributed by atoms with E-state index in [0.29, 0.717) is 12.1 Å². The normalized spacial score (nSPS) is 12.5. The molecule has 8 nitrogen and oxygen atoms in total. The molecule has 1 heterocycles. The first-order chi connectivity index (χ1) is 14.9. The summed E-state index contributed by atoms with van der Waals surface area (Å²) < 4.78 is 34.0. The highest BCUT2D eigenvalue weighted by atomic mass is 32.2. The molecule has 2 aromatic carbocycles. The minimum Gasteiger partial charge on any atom is -0.383 e. The predicted molar refractivity (Wildman–Crippen MR) is 119 cm³/mol. The Morgan fingerprint density at radius 1 is 1.13 bits per heavy atom. The number of carbonyl (C=O) groups excluding carboxylic acids is 1. The van der Waals surface area contributed by atoms with E-state index in [2.05, 4.69) is 15.1 Å². The van der Waals surface area contributed by atoms with Gasteiger partial charge in [0.05, 0.1) is 23.4 Å². The first-order valence-corrected chi connectivity index (χ1v) is 11.4. The Hall–Kier alpha value is -3.01. The number of anilines is 1. The zero-order valence-electron chi connectivity index (χ0n) is 17.5. The lowest BCUT2D eigenvalue weighted by atomic mass is 10.2. The molecule has 0 bridgehead atoms. The minimum atomic E-state index is -3.65. The number of methoxy groups -OCH3 is 1. The average Bonchev–Trinajstić information content (AvgIpc) is 3.22. The molecule has 0 spiro atoms. The van der Waals surface area contributed by atoms with E-state index in [9.17, 15) is 13.2 Å². The molecular weight excluding hydrogens is 416 g/mol. The van der Waals surface area contributed by atoms with Gasteiger partial charge in [-0.25, -0.2) is 17.8 Å². The van der Waals surface area contributed by atoms with E-state index in [1.165, 1.54) is 19.2 Å². The molecule has 1 atom stereocenters. The first-order valence-electron chi connectivity index (χ1n) is 9.87. The molecule has 0 radical (unpaired) electrons. The fraction of sp³-hybridized carbons (Fsp3) is 0.273. The summed E-state index contributed by atoms with van der Waals surface area (Å²) in [5.41, 5.74) is 2.45. The van der Waals surface area contributed by atoms with Crippen LogP contribution in [-0.4, -0.2) is 43.9 Å². The van der Waals surface area contributed by atoms with Gasteiger partial charge in [0.2, 0.25) is 15.9 Å². The third kappa shape index (κ3) is 6.48. The Balaban J connectivity index is 1.52. The highest BCUT2D eigenvalue weighted by molar-refractivity contribution is 7.89. The number of aromatic nitrogens is 2. The van der Waals surface area contributed by atoms with Crippen LogP contribution in [0.3, 0.4) is 0 Å². The van der Waals surface area contributed by atoms with E-state index < -0.39 is 10.0 Å². The molecule has 1 amide bonds. The number of aryl methyl sites for hydroxylation is 1. The Kier molecular flexibility index (Phi) is 7.56. The maximum Gasteiger partial charge on any atom is 0.240 e. The third-order valence-electron chi connectivity index (χ3n) is 4.52. The molecule has 1 unspecified atom stereocenters. The van der Waals surface area contributed by atoms with Crippen LogP contribution in [0.1, 0.15) is 18.9 Å². The zero-order chi connectivity index (χ0) is 22.3. The van der Waals surface area contributed by atoms with Gasteiger partial charge in [0.1, 0.15) is 0 Å². The van der Waals surface area contributed by atoms with Crippen LogP contribution in [-0.2, 0) is 26.0 Å². The molecule has 0 saturated carbocycles. The molecule has 0 fully saturated rings. The lowest BCUT2D eigenvalue weighted by molar-refractivity contribution is -0.116. The number of ether oxygens (including phenoxy) is 1. The summed E-state index contributed by atoms with van der Waals surface area (Å²) in [6, 6.07) is 15.5. The maximum atomic E-state index is 12.4. The molecular formula is C22H26N4O4S. The van der Waals surface area contributed by atoms with Gasteiger partial charge >= 0.3 is 0 Å². The Morgan fingerprint density at radius 3 is 2.52 bits per heavy atom. The van der Waals surface area contributed by atoms with Crippen LogP contribution >= 0.6 is 0 Å².